The quantitative estimate of drug-likeness (QED) is 0.375. The maximum absolute atomic E-state index is 12.0. The first-order valence-corrected chi connectivity index (χ1v) is 11.3. The third-order valence-corrected chi connectivity index (χ3v) is 6.04. The molecule has 1 amide bonds. The molecule has 3 heteroatoms. The fourth-order valence-electron chi connectivity index (χ4n) is 4.14. The van der Waals surface area contributed by atoms with Crippen molar-refractivity contribution in [2.75, 3.05) is 6.54 Å². The Morgan fingerprint density at radius 3 is 2.19 bits per heavy atom. The Balaban J connectivity index is 1.41. The van der Waals surface area contributed by atoms with Crippen LogP contribution in [-0.2, 0) is 11.2 Å². The Morgan fingerprint density at radius 1 is 0.844 bits per heavy atom. The van der Waals surface area contributed by atoms with Gasteiger partial charge in [-0.15, -0.1) is 0 Å². The molecule has 0 radical (unpaired) electrons. The second-order valence-electron chi connectivity index (χ2n) is 8.43. The fourth-order valence-corrected chi connectivity index (χ4v) is 4.14. The van der Waals surface area contributed by atoms with Crippen LogP contribution in [0, 0.1) is 5.92 Å². The van der Waals surface area contributed by atoms with Crippen LogP contribution < -0.4 is 10.1 Å². The van der Waals surface area contributed by atoms with E-state index in [1.807, 2.05) is 42.5 Å². The van der Waals surface area contributed by atoms with Crippen LogP contribution in [0.15, 0.2) is 97.1 Å². The molecule has 1 aliphatic rings. The van der Waals surface area contributed by atoms with Gasteiger partial charge in [-0.3, -0.25) is 4.79 Å². The van der Waals surface area contributed by atoms with Crippen molar-refractivity contribution in [1.82, 2.24) is 5.32 Å². The number of benzene rings is 4. The molecular formula is C29H27NO2. The van der Waals surface area contributed by atoms with Crippen LogP contribution in [0.1, 0.15) is 35.6 Å². The first-order chi connectivity index (χ1) is 15.8. The van der Waals surface area contributed by atoms with Gasteiger partial charge in [-0.05, 0) is 58.9 Å². The molecule has 0 saturated heterocycles. The minimum absolute atomic E-state index is 0.181. The SMILES string of the molecule is O=C(NCCc1cccc2ccc(OC(c3ccccc3)c3ccccc3)cc12)C1CC1. The van der Waals surface area contributed by atoms with E-state index in [-0.39, 0.29) is 17.9 Å². The van der Waals surface area contributed by atoms with Crippen molar-refractivity contribution in [2.45, 2.75) is 25.4 Å². The van der Waals surface area contributed by atoms with E-state index in [4.69, 9.17) is 4.74 Å². The lowest BCUT2D eigenvalue weighted by atomic mass is 10.0. The van der Waals surface area contributed by atoms with Crippen molar-refractivity contribution in [3.63, 3.8) is 0 Å². The fraction of sp³-hybridized carbons (Fsp3) is 0.207. The van der Waals surface area contributed by atoms with Crippen molar-refractivity contribution in [1.29, 1.82) is 0 Å². The normalized spacial score (nSPS) is 13.3. The molecule has 1 fully saturated rings. The Kier molecular flexibility index (Phi) is 5.89. The van der Waals surface area contributed by atoms with E-state index < -0.39 is 0 Å². The average molecular weight is 422 g/mol. The number of rotatable bonds is 8. The highest BCUT2D eigenvalue weighted by molar-refractivity contribution is 5.87. The molecule has 4 aromatic rings. The maximum Gasteiger partial charge on any atom is 0.223 e. The van der Waals surface area contributed by atoms with Gasteiger partial charge >= 0.3 is 0 Å². The standard InChI is InChI=1S/C29H27NO2/c31-29(25-14-15-25)30-19-18-22-13-7-12-21-16-17-26(20-27(21)22)32-28(23-8-3-1-4-9-23)24-10-5-2-6-11-24/h1-13,16-17,20,25,28H,14-15,18-19H2,(H,30,31). The van der Waals surface area contributed by atoms with Gasteiger partial charge in [-0.2, -0.15) is 0 Å². The van der Waals surface area contributed by atoms with E-state index in [9.17, 15) is 4.79 Å². The topological polar surface area (TPSA) is 38.3 Å². The zero-order valence-corrected chi connectivity index (χ0v) is 18.0. The van der Waals surface area contributed by atoms with Crippen LogP contribution in [0.2, 0.25) is 0 Å². The van der Waals surface area contributed by atoms with E-state index >= 15 is 0 Å². The van der Waals surface area contributed by atoms with Gasteiger partial charge in [-0.25, -0.2) is 0 Å². The molecule has 0 heterocycles. The summed E-state index contributed by atoms with van der Waals surface area (Å²) in [6.07, 6.45) is 2.69. The molecule has 5 rings (SSSR count). The highest BCUT2D eigenvalue weighted by Gasteiger charge is 2.29. The van der Waals surface area contributed by atoms with Gasteiger partial charge < -0.3 is 10.1 Å². The molecular weight excluding hydrogens is 394 g/mol. The maximum atomic E-state index is 12.0. The van der Waals surface area contributed by atoms with Crippen LogP contribution in [-0.4, -0.2) is 12.5 Å². The zero-order valence-electron chi connectivity index (χ0n) is 18.0. The predicted molar refractivity (Wildman–Crippen MR) is 129 cm³/mol. The van der Waals surface area contributed by atoms with Crippen LogP contribution >= 0.6 is 0 Å². The minimum atomic E-state index is -0.181. The molecule has 160 valence electrons. The average Bonchev–Trinajstić information content (AvgIpc) is 3.69. The number of amides is 1. The minimum Gasteiger partial charge on any atom is -0.481 e. The summed E-state index contributed by atoms with van der Waals surface area (Å²) in [5.41, 5.74) is 3.46. The van der Waals surface area contributed by atoms with E-state index in [1.165, 1.54) is 16.3 Å². The largest absolute Gasteiger partial charge is 0.481 e. The Bertz CT molecular complexity index is 1160. The van der Waals surface area contributed by atoms with E-state index in [0.717, 1.165) is 36.1 Å². The number of ether oxygens (including phenoxy) is 1. The Hall–Kier alpha value is -3.59. The third-order valence-electron chi connectivity index (χ3n) is 6.04. The van der Waals surface area contributed by atoms with E-state index in [0.29, 0.717) is 6.54 Å². The summed E-state index contributed by atoms with van der Waals surface area (Å²) in [6, 6.07) is 33.3. The molecule has 0 unspecified atom stereocenters. The van der Waals surface area contributed by atoms with E-state index in [2.05, 4.69) is 59.9 Å². The summed E-state index contributed by atoms with van der Waals surface area (Å²) in [4.78, 5) is 12.0. The van der Waals surface area contributed by atoms with Gasteiger partial charge in [0.25, 0.3) is 0 Å². The summed E-state index contributed by atoms with van der Waals surface area (Å²) < 4.78 is 6.56. The van der Waals surface area contributed by atoms with Gasteiger partial charge in [0, 0.05) is 12.5 Å². The third kappa shape index (κ3) is 4.67. The molecule has 0 aromatic heterocycles. The molecule has 0 aliphatic heterocycles. The van der Waals surface area contributed by atoms with Crippen molar-refractivity contribution in [2.24, 2.45) is 5.92 Å². The summed E-state index contributed by atoms with van der Waals surface area (Å²) >= 11 is 0. The first-order valence-electron chi connectivity index (χ1n) is 11.3. The highest BCUT2D eigenvalue weighted by Crippen LogP contribution is 2.32. The molecule has 0 spiro atoms. The molecule has 0 bridgehead atoms. The Labute approximate surface area is 189 Å². The summed E-state index contributed by atoms with van der Waals surface area (Å²) in [6.45, 7) is 0.663. The first kappa shape index (κ1) is 20.3. The van der Waals surface area contributed by atoms with Gasteiger partial charge in [-0.1, -0.05) is 84.9 Å². The summed E-state index contributed by atoms with van der Waals surface area (Å²) in [5.74, 6) is 1.28. The van der Waals surface area contributed by atoms with Crippen molar-refractivity contribution in [3.8, 4) is 5.75 Å². The smallest absolute Gasteiger partial charge is 0.223 e. The lowest BCUT2D eigenvalue weighted by molar-refractivity contribution is -0.122. The molecule has 4 aromatic carbocycles. The van der Waals surface area contributed by atoms with E-state index in [1.54, 1.807) is 0 Å². The van der Waals surface area contributed by atoms with Crippen LogP contribution in [0.4, 0.5) is 0 Å². The molecule has 1 N–H and O–H groups in total. The predicted octanol–water partition coefficient (Wildman–Crippen LogP) is 6.08. The number of fused-ring (bicyclic) bond motifs is 1. The van der Waals surface area contributed by atoms with Crippen molar-refractivity contribution >= 4 is 16.7 Å². The van der Waals surface area contributed by atoms with Gasteiger partial charge in [0.05, 0.1) is 0 Å². The highest BCUT2D eigenvalue weighted by atomic mass is 16.5. The lowest BCUT2D eigenvalue weighted by Crippen LogP contribution is -2.26. The van der Waals surface area contributed by atoms with Crippen LogP contribution in [0.25, 0.3) is 10.8 Å². The molecule has 1 saturated carbocycles. The summed E-state index contributed by atoms with van der Waals surface area (Å²) in [7, 11) is 0. The molecule has 0 atom stereocenters. The second kappa shape index (κ2) is 9.27. The number of hydrogen-bond donors (Lipinski definition) is 1. The lowest BCUT2D eigenvalue weighted by Gasteiger charge is -2.21. The number of hydrogen-bond acceptors (Lipinski definition) is 2. The Morgan fingerprint density at radius 2 is 1.53 bits per heavy atom. The van der Waals surface area contributed by atoms with Crippen molar-refractivity contribution in [3.05, 3.63) is 114 Å². The zero-order chi connectivity index (χ0) is 21.8. The van der Waals surface area contributed by atoms with Gasteiger partial charge in [0.2, 0.25) is 5.91 Å². The molecule has 32 heavy (non-hydrogen) atoms. The number of nitrogens with one attached hydrogen (secondary N) is 1. The van der Waals surface area contributed by atoms with Gasteiger partial charge in [0.15, 0.2) is 0 Å². The number of carbonyl (C=O) groups is 1. The van der Waals surface area contributed by atoms with Crippen LogP contribution in [0.5, 0.6) is 5.75 Å². The summed E-state index contributed by atoms with van der Waals surface area (Å²) in [5, 5.41) is 5.43. The number of carbonyl (C=O) groups excluding carboxylic acids is 1. The second-order valence-corrected chi connectivity index (χ2v) is 8.43. The van der Waals surface area contributed by atoms with Crippen LogP contribution in [0.3, 0.4) is 0 Å². The van der Waals surface area contributed by atoms with Gasteiger partial charge in [0.1, 0.15) is 11.9 Å². The van der Waals surface area contributed by atoms with Crippen molar-refractivity contribution < 1.29 is 9.53 Å². The monoisotopic (exact) mass is 421 g/mol. The molecule has 3 nitrogen and oxygen atoms in total. The molecule has 1 aliphatic carbocycles.